The van der Waals surface area contributed by atoms with Crippen molar-refractivity contribution in [1.82, 2.24) is 18.8 Å². The number of carboxylic acids is 1. The number of nitrogens with zero attached hydrogens (tertiary/aromatic N) is 4. The SMILES string of the molecule is O=C(O)C(F)(F)F.O=S(=O)(c1ccccc1)N1CCn2cc(CN3CCCC3)nc2C1. The van der Waals surface area contributed by atoms with Crippen LogP contribution in [0.15, 0.2) is 41.4 Å². The van der Waals surface area contributed by atoms with E-state index in [1.165, 1.54) is 17.1 Å². The molecule has 8 nitrogen and oxygen atoms in total. The van der Waals surface area contributed by atoms with Crippen LogP contribution in [0.25, 0.3) is 0 Å². The summed E-state index contributed by atoms with van der Waals surface area (Å²) in [5.41, 5.74) is 1.05. The molecule has 31 heavy (non-hydrogen) atoms. The fourth-order valence-electron chi connectivity index (χ4n) is 3.48. The zero-order valence-corrected chi connectivity index (χ0v) is 17.4. The molecule has 1 fully saturated rings. The molecule has 1 saturated heterocycles. The van der Waals surface area contributed by atoms with Gasteiger partial charge in [-0.15, -0.1) is 0 Å². The molecule has 1 aromatic carbocycles. The van der Waals surface area contributed by atoms with Crippen LogP contribution in [0.5, 0.6) is 0 Å². The first-order valence-corrected chi connectivity index (χ1v) is 11.1. The van der Waals surface area contributed by atoms with Crippen LogP contribution in [0.4, 0.5) is 13.2 Å². The minimum atomic E-state index is -5.08. The normalized spacial score (nSPS) is 17.6. The van der Waals surface area contributed by atoms with E-state index in [-0.39, 0.29) is 0 Å². The fraction of sp³-hybridized carbons (Fsp3) is 0.474. The van der Waals surface area contributed by atoms with Crippen LogP contribution >= 0.6 is 0 Å². The molecular formula is C19H23F3N4O4S. The van der Waals surface area contributed by atoms with Crippen LogP contribution in [-0.2, 0) is 34.5 Å². The lowest BCUT2D eigenvalue weighted by Crippen LogP contribution is -2.38. The topological polar surface area (TPSA) is 95.7 Å². The second-order valence-corrected chi connectivity index (χ2v) is 9.22. The number of alkyl halides is 3. The van der Waals surface area contributed by atoms with E-state index < -0.39 is 22.2 Å². The van der Waals surface area contributed by atoms with E-state index in [1.807, 2.05) is 6.07 Å². The molecule has 0 bridgehead atoms. The van der Waals surface area contributed by atoms with E-state index in [0.717, 1.165) is 31.2 Å². The van der Waals surface area contributed by atoms with E-state index in [0.29, 0.717) is 24.5 Å². The summed E-state index contributed by atoms with van der Waals surface area (Å²) in [6, 6.07) is 8.63. The van der Waals surface area contributed by atoms with Gasteiger partial charge in [0.05, 0.1) is 17.1 Å². The lowest BCUT2D eigenvalue weighted by Gasteiger charge is -2.26. The third kappa shape index (κ3) is 5.83. The van der Waals surface area contributed by atoms with Gasteiger partial charge in [0.1, 0.15) is 5.82 Å². The molecule has 0 aliphatic carbocycles. The van der Waals surface area contributed by atoms with Gasteiger partial charge in [-0.1, -0.05) is 18.2 Å². The van der Waals surface area contributed by atoms with E-state index in [1.54, 1.807) is 24.3 Å². The van der Waals surface area contributed by atoms with Crippen molar-refractivity contribution < 1.29 is 31.5 Å². The third-order valence-electron chi connectivity index (χ3n) is 5.02. The van der Waals surface area contributed by atoms with Gasteiger partial charge in [0.15, 0.2) is 0 Å². The Kier molecular flexibility index (Phi) is 7.02. The quantitative estimate of drug-likeness (QED) is 0.753. The second kappa shape index (κ2) is 9.37. The second-order valence-electron chi connectivity index (χ2n) is 7.28. The van der Waals surface area contributed by atoms with Gasteiger partial charge >= 0.3 is 12.1 Å². The molecule has 0 atom stereocenters. The average Bonchev–Trinajstić information content (AvgIpc) is 3.37. The van der Waals surface area contributed by atoms with Gasteiger partial charge in [-0.2, -0.15) is 17.5 Å². The number of hydrogen-bond donors (Lipinski definition) is 1. The predicted octanol–water partition coefficient (Wildman–Crippen LogP) is 2.32. The Labute approximate surface area is 178 Å². The van der Waals surface area contributed by atoms with Crippen LogP contribution in [0, 0.1) is 0 Å². The predicted molar refractivity (Wildman–Crippen MR) is 104 cm³/mol. The maximum Gasteiger partial charge on any atom is 0.490 e. The van der Waals surface area contributed by atoms with Gasteiger partial charge in [-0.3, -0.25) is 4.90 Å². The van der Waals surface area contributed by atoms with Crippen LogP contribution in [0.1, 0.15) is 24.4 Å². The van der Waals surface area contributed by atoms with Crippen LogP contribution in [-0.4, -0.2) is 64.1 Å². The number of likely N-dealkylation sites (tertiary alicyclic amines) is 1. The van der Waals surface area contributed by atoms with E-state index >= 15 is 0 Å². The number of aromatic nitrogens is 2. The molecule has 2 aliphatic rings. The van der Waals surface area contributed by atoms with Crippen LogP contribution < -0.4 is 0 Å². The molecule has 170 valence electrons. The maximum absolute atomic E-state index is 12.8. The summed E-state index contributed by atoms with van der Waals surface area (Å²) >= 11 is 0. The molecular weight excluding hydrogens is 437 g/mol. The minimum absolute atomic E-state index is 0.344. The zero-order chi connectivity index (χ0) is 22.6. The minimum Gasteiger partial charge on any atom is -0.475 e. The van der Waals surface area contributed by atoms with E-state index in [9.17, 15) is 21.6 Å². The zero-order valence-electron chi connectivity index (χ0n) is 16.6. The highest BCUT2D eigenvalue weighted by molar-refractivity contribution is 7.89. The number of aliphatic carboxylic acids is 1. The van der Waals surface area contributed by atoms with Gasteiger partial charge in [0.2, 0.25) is 10.0 Å². The number of imidazole rings is 1. The highest BCUT2D eigenvalue weighted by atomic mass is 32.2. The molecule has 0 unspecified atom stereocenters. The molecule has 4 rings (SSSR count). The fourth-order valence-corrected chi connectivity index (χ4v) is 4.89. The molecule has 0 saturated carbocycles. The highest BCUT2D eigenvalue weighted by Crippen LogP contribution is 2.22. The third-order valence-corrected chi connectivity index (χ3v) is 6.88. The maximum atomic E-state index is 12.8. The summed E-state index contributed by atoms with van der Waals surface area (Å²) < 4.78 is 60.9. The number of hydrogen-bond acceptors (Lipinski definition) is 5. The highest BCUT2D eigenvalue weighted by Gasteiger charge is 2.38. The Bertz CT molecular complexity index is 1000. The first kappa shape index (κ1) is 23.2. The number of carboxylic acid groups (broad SMARTS) is 1. The van der Waals surface area contributed by atoms with Crippen LogP contribution in [0.3, 0.4) is 0 Å². The van der Waals surface area contributed by atoms with Crippen molar-refractivity contribution in [2.75, 3.05) is 19.6 Å². The van der Waals surface area contributed by atoms with Gasteiger partial charge in [-0.05, 0) is 38.1 Å². The average molecular weight is 460 g/mol. The molecule has 2 aliphatic heterocycles. The molecule has 0 amide bonds. The standard InChI is InChI=1S/C17H22N4O2S.C2HF3O2/c22-24(23,16-6-2-1-3-7-16)21-11-10-20-13-15(18-17(20)14-21)12-19-8-4-5-9-19;3-2(4,5)1(6)7/h1-3,6-7,13H,4-5,8-12,14H2;(H,6,7). The Morgan fingerprint density at radius 1 is 1.06 bits per heavy atom. The van der Waals surface area contributed by atoms with Crippen molar-refractivity contribution in [3.8, 4) is 0 Å². The Morgan fingerprint density at radius 2 is 1.68 bits per heavy atom. The van der Waals surface area contributed by atoms with Crippen molar-refractivity contribution in [3.63, 3.8) is 0 Å². The van der Waals surface area contributed by atoms with Crippen molar-refractivity contribution >= 4 is 16.0 Å². The lowest BCUT2D eigenvalue weighted by molar-refractivity contribution is -0.192. The number of carbonyl (C=O) groups is 1. The molecule has 3 heterocycles. The molecule has 1 aromatic heterocycles. The Balaban J connectivity index is 0.000000339. The lowest BCUT2D eigenvalue weighted by atomic mass is 10.4. The molecule has 12 heteroatoms. The summed E-state index contributed by atoms with van der Waals surface area (Å²) in [6.07, 6.45) is -0.479. The smallest absolute Gasteiger partial charge is 0.475 e. The van der Waals surface area contributed by atoms with Gasteiger partial charge in [-0.25, -0.2) is 18.2 Å². The van der Waals surface area contributed by atoms with Crippen molar-refractivity contribution in [2.45, 2.75) is 43.5 Å². The summed E-state index contributed by atoms with van der Waals surface area (Å²) in [5.74, 6) is -1.91. The Morgan fingerprint density at radius 3 is 2.26 bits per heavy atom. The summed E-state index contributed by atoms with van der Waals surface area (Å²) in [5, 5.41) is 7.12. The van der Waals surface area contributed by atoms with Crippen molar-refractivity contribution in [2.24, 2.45) is 0 Å². The van der Waals surface area contributed by atoms with E-state index in [2.05, 4.69) is 20.6 Å². The number of benzene rings is 1. The first-order chi connectivity index (χ1) is 14.6. The largest absolute Gasteiger partial charge is 0.490 e. The Hall–Kier alpha value is -2.44. The number of fused-ring (bicyclic) bond motifs is 1. The molecule has 1 N–H and O–H groups in total. The summed E-state index contributed by atoms with van der Waals surface area (Å²) in [7, 11) is -3.45. The van der Waals surface area contributed by atoms with Gasteiger partial charge < -0.3 is 9.67 Å². The van der Waals surface area contributed by atoms with Crippen molar-refractivity contribution in [1.29, 1.82) is 0 Å². The monoisotopic (exact) mass is 460 g/mol. The summed E-state index contributed by atoms with van der Waals surface area (Å²) in [4.78, 5) is 16.3. The molecule has 0 spiro atoms. The first-order valence-electron chi connectivity index (χ1n) is 9.70. The van der Waals surface area contributed by atoms with E-state index in [4.69, 9.17) is 9.90 Å². The number of rotatable bonds is 4. The van der Waals surface area contributed by atoms with Gasteiger partial charge in [0, 0.05) is 25.8 Å². The van der Waals surface area contributed by atoms with Crippen molar-refractivity contribution in [3.05, 3.63) is 48.0 Å². The number of halogens is 3. The van der Waals surface area contributed by atoms with Crippen LogP contribution in [0.2, 0.25) is 0 Å². The summed E-state index contributed by atoms with van der Waals surface area (Å²) in [6.45, 7) is 4.63. The number of sulfonamides is 1. The van der Waals surface area contributed by atoms with Gasteiger partial charge in [0.25, 0.3) is 0 Å². The molecule has 0 radical (unpaired) electrons. The molecule has 2 aromatic rings.